The summed E-state index contributed by atoms with van der Waals surface area (Å²) in [5.74, 6) is 0.0240. The largest absolute Gasteiger partial charge is 0.462 e. The Balaban J connectivity index is 1.42. The fourth-order valence-electron chi connectivity index (χ4n) is 4.23. The summed E-state index contributed by atoms with van der Waals surface area (Å²) >= 11 is 0. The van der Waals surface area contributed by atoms with Crippen LogP contribution in [0.2, 0.25) is 0 Å². The normalized spacial score (nSPS) is 36.2. The fraction of sp³-hybridized carbons (Fsp3) is 0.480. The molecule has 0 spiro atoms. The van der Waals surface area contributed by atoms with Crippen LogP contribution < -0.4 is 4.74 Å². The van der Waals surface area contributed by atoms with E-state index in [4.69, 9.17) is 18.9 Å². The highest BCUT2D eigenvalue weighted by molar-refractivity contribution is 6.08. The third-order valence-corrected chi connectivity index (χ3v) is 6.37. The van der Waals surface area contributed by atoms with Crippen molar-refractivity contribution in [3.05, 3.63) is 65.7 Å². The predicted octanol–water partition coefficient (Wildman–Crippen LogP) is -2.08. The van der Waals surface area contributed by atoms with Crippen LogP contribution in [0, 0.1) is 0 Å². The molecule has 2 aliphatic rings. The van der Waals surface area contributed by atoms with E-state index < -0.39 is 74.6 Å². The molecule has 2 saturated heterocycles. The van der Waals surface area contributed by atoms with E-state index in [2.05, 4.69) is 0 Å². The van der Waals surface area contributed by atoms with Gasteiger partial charge in [0.25, 0.3) is 0 Å². The number of hydrogen-bond donors (Lipinski definition) is 7. The summed E-state index contributed by atoms with van der Waals surface area (Å²) < 4.78 is 22.0. The topological polar surface area (TPSA) is 196 Å². The number of carbonyl (C=O) groups excluding carboxylic acids is 1. The second-order valence-electron chi connectivity index (χ2n) is 8.84. The third kappa shape index (κ3) is 5.84. The van der Waals surface area contributed by atoms with Crippen LogP contribution in [0.3, 0.4) is 0 Å². The highest BCUT2D eigenvalue weighted by Gasteiger charge is 2.51. The van der Waals surface area contributed by atoms with Gasteiger partial charge in [0.15, 0.2) is 12.1 Å². The molecule has 2 aromatic carbocycles. The second-order valence-corrected chi connectivity index (χ2v) is 8.84. The quantitative estimate of drug-likeness (QED) is 0.187. The van der Waals surface area contributed by atoms with Crippen LogP contribution in [-0.4, -0.2) is 116 Å². The van der Waals surface area contributed by atoms with Gasteiger partial charge in [-0.25, -0.2) is 0 Å². The van der Waals surface area contributed by atoms with Gasteiger partial charge in [-0.05, 0) is 24.3 Å². The highest BCUT2D eigenvalue weighted by atomic mass is 16.7. The van der Waals surface area contributed by atoms with Crippen LogP contribution >= 0.6 is 0 Å². The van der Waals surface area contributed by atoms with Crippen molar-refractivity contribution in [2.75, 3.05) is 13.2 Å². The molecule has 4 rings (SSSR count). The molecule has 12 nitrogen and oxygen atoms in total. The lowest BCUT2D eigenvalue weighted by atomic mass is 9.97. The molecule has 0 aromatic heterocycles. The molecule has 10 atom stereocenters. The lowest BCUT2D eigenvalue weighted by Crippen LogP contribution is -2.65. The molecular formula is C25H30O12. The minimum Gasteiger partial charge on any atom is -0.462 e. The summed E-state index contributed by atoms with van der Waals surface area (Å²) in [6.45, 7) is -1.37. The maximum atomic E-state index is 12.6. The Bertz CT molecular complexity index is 1010. The zero-order valence-corrected chi connectivity index (χ0v) is 19.6. The molecule has 0 aliphatic carbocycles. The Kier molecular flexibility index (Phi) is 8.87. The smallest absolute Gasteiger partial charge is 0.229 e. The molecule has 2 aliphatic heterocycles. The monoisotopic (exact) mass is 522 g/mol. The molecule has 0 bridgehead atoms. The van der Waals surface area contributed by atoms with E-state index in [-0.39, 0.29) is 11.5 Å². The van der Waals surface area contributed by atoms with E-state index in [1.807, 2.05) is 0 Å². The molecule has 37 heavy (non-hydrogen) atoms. The van der Waals surface area contributed by atoms with Crippen molar-refractivity contribution in [2.45, 2.75) is 61.4 Å². The van der Waals surface area contributed by atoms with Crippen molar-refractivity contribution in [2.24, 2.45) is 0 Å². The maximum absolute atomic E-state index is 12.6. The Labute approximate surface area is 211 Å². The number of aliphatic hydroxyl groups excluding tert-OH is 7. The van der Waals surface area contributed by atoms with Crippen molar-refractivity contribution < 1.29 is 59.5 Å². The first kappa shape index (κ1) is 27.5. The number of benzene rings is 2. The molecular weight excluding hydrogens is 492 g/mol. The van der Waals surface area contributed by atoms with Gasteiger partial charge >= 0.3 is 0 Å². The van der Waals surface area contributed by atoms with Gasteiger partial charge in [0.1, 0.15) is 54.6 Å². The molecule has 0 unspecified atom stereocenters. The molecule has 7 N–H and O–H groups in total. The molecule has 0 amide bonds. The molecule has 2 aromatic rings. The standard InChI is InChI=1S/C25H30O12/c26-10-15-18(29)19(30)21(32)25(35-15)37-23-16(11-27)36-24(22(33)20(23)31)34-14-8-6-13(7-9-14)17(28)12-4-2-1-3-5-12/h1-9,15-16,18-27,29-33H,10-11H2/t15-,16-,18-,19+,20-,21-,22-,23-,24-,25+/m1/s1. The molecule has 0 saturated carbocycles. The fourth-order valence-corrected chi connectivity index (χ4v) is 4.23. The van der Waals surface area contributed by atoms with Gasteiger partial charge in [0.2, 0.25) is 6.29 Å². The van der Waals surface area contributed by atoms with E-state index >= 15 is 0 Å². The SMILES string of the molecule is O=C(c1ccccc1)c1ccc(O[C@@H]2O[C@H](CO)[C@@H](O[C@@H]3O[C@H](CO)[C@@H](O)[C@H](O)[C@H]3O)[C@H](O)[C@H]2O)cc1. The first-order chi connectivity index (χ1) is 17.7. The van der Waals surface area contributed by atoms with Crippen molar-refractivity contribution in [1.82, 2.24) is 0 Å². The molecule has 2 heterocycles. The average molecular weight is 523 g/mol. The van der Waals surface area contributed by atoms with Gasteiger partial charge in [-0.15, -0.1) is 0 Å². The summed E-state index contributed by atoms with van der Waals surface area (Å²) in [4.78, 5) is 12.6. The lowest BCUT2D eigenvalue weighted by Gasteiger charge is -2.45. The van der Waals surface area contributed by atoms with Crippen LogP contribution in [-0.2, 0) is 14.2 Å². The number of hydrogen-bond acceptors (Lipinski definition) is 12. The first-order valence-electron chi connectivity index (χ1n) is 11.7. The molecule has 0 radical (unpaired) electrons. The number of ether oxygens (including phenoxy) is 4. The third-order valence-electron chi connectivity index (χ3n) is 6.37. The van der Waals surface area contributed by atoms with Crippen molar-refractivity contribution in [1.29, 1.82) is 0 Å². The van der Waals surface area contributed by atoms with Crippen molar-refractivity contribution in [3.8, 4) is 5.75 Å². The van der Waals surface area contributed by atoms with Crippen LogP contribution in [0.4, 0.5) is 0 Å². The average Bonchev–Trinajstić information content (AvgIpc) is 2.93. The van der Waals surface area contributed by atoms with Crippen molar-refractivity contribution in [3.63, 3.8) is 0 Å². The van der Waals surface area contributed by atoms with E-state index in [0.717, 1.165) is 0 Å². The zero-order chi connectivity index (χ0) is 26.7. The zero-order valence-electron chi connectivity index (χ0n) is 19.6. The van der Waals surface area contributed by atoms with Crippen molar-refractivity contribution >= 4 is 5.78 Å². The second kappa shape index (κ2) is 11.9. The van der Waals surface area contributed by atoms with Gasteiger partial charge in [-0.3, -0.25) is 4.79 Å². The molecule has 2 fully saturated rings. The lowest BCUT2D eigenvalue weighted by molar-refractivity contribution is -0.352. The minimum atomic E-state index is -1.76. The number of aliphatic hydroxyl groups is 7. The van der Waals surface area contributed by atoms with Crippen LogP contribution in [0.5, 0.6) is 5.75 Å². The Morgan fingerprint density at radius 1 is 0.676 bits per heavy atom. The van der Waals surface area contributed by atoms with Gasteiger partial charge < -0.3 is 54.7 Å². The Hall–Kier alpha value is -2.49. The maximum Gasteiger partial charge on any atom is 0.229 e. The van der Waals surface area contributed by atoms with Gasteiger partial charge in [0, 0.05) is 11.1 Å². The number of rotatable bonds is 8. The van der Waals surface area contributed by atoms with Crippen LogP contribution in [0.15, 0.2) is 54.6 Å². The van der Waals surface area contributed by atoms with E-state index in [1.54, 1.807) is 30.3 Å². The van der Waals surface area contributed by atoms with Gasteiger partial charge in [0.05, 0.1) is 13.2 Å². The Morgan fingerprint density at radius 3 is 1.86 bits per heavy atom. The summed E-state index contributed by atoms with van der Waals surface area (Å²) in [7, 11) is 0. The summed E-state index contributed by atoms with van der Waals surface area (Å²) in [5, 5.41) is 70.5. The van der Waals surface area contributed by atoms with E-state index in [0.29, 0.717) is 11.1 Å². The van der Waals surface area contributed by atoms with Crippen LogP contribution in [0.1, 0.15) is 15.9 Å². The molecule has 12 heteroatoms. The summed E-state index contributed by atoms with van der Waals surface area (Å²) in [6, 6.07) is 14.7. The van der Waals surface area contributed by atoms with Crippen LogP contribution in [0.25, 0.3) is 0 Å². The van der Waals surface area contributed by atoms with E-state index in [9.17, 15) is 40.5 Å². The summed E-state index contributed by atoms with van der Waals surface area (Å²) in [6.07, 6.45) is -15.5. The number of ketones is 1. The van der Waals surface area contributed by atoms with Gasteiger partial charge in [-0.2, -0.15) is 0 Å². The number of carbonyl (C=O) groups is 1. The first-order valence-corrected chi connectivity index (χ1v) is 11.7. The van der Waals surface area contributed by atoms with E-state index in [1.165, 1.54) is 24.3 Å². The highest BCUT2D eigenvalue weighted by Crippen LogP contribution is 2.30. The Morgan fingerprint density at radius 2 is 1.24 bits per heavy atom. The predicted molar refractivity (Wildman–Crippen MR) is 123 cm³/mol. The summed E-state index contributed by atoms with van der Waals surface area (Å²) in [5.41, 5.74) is 0.923. The van der Waals surface area contributed by atoms with Gasteiger partial charge in [-0.1, -0.05) is 30.3 Å². The molecule has 202 valence electrons. The minimum absolute atomic E-state index is 0.190.